The van der Waals surface area contributed by atoms with Crippen LogP contribution in [0.1, 0.15) is 16.5 Å². The molecule has 7 heteroatoms. The van der Waals surface area contributed by atoms with Gasteiger partial charge in [0, 0.05) is 29.1 Å². The number of benzene rings is 1. The fourth-order valence-electron chi connectivity index (χ4n) is 1.93. The average Bonchev–Trinajstić information content (AvgIpc) is 2.90. The van der Waals surface area contributed by atoms with Crippen LogP contribution in [-0.2, 0) is 16.0 Å². The smallest absolute Gasteiger partial charge is 0.224 e. The van der Waals surface area contributed by atoms with E-state index < -0.39 is 5.82 Å². The molecule has 1 unspecified atom stereocenters. The number of carbonyl (C=O) groups excluding carboxylic acids is 1. The van der Waals surface area contributed by atoms with E-state index in [0.29, 0.717) is 4.34 Å². The lowest BCUT2D eigenvalue weighted by molar-refractivity contribution is -0.121. The van der Waals surface area contributed by atoms with Gasteiger partial charge in [-0.3, -0.25) is 4.79 Å². The highest BCUT2D eigenvalue weighted by Gasteiger charge is 2.16. The lowest BCUT2D eigenvalue weighted by atomic mass is 10.1. The maximum absolute atomic E-state index is 13.6. The van der Waals surface area contributed by atoms with E-state index >= 15 is 0 Å². The molecule has 0 saturated carbocycles. The molecule has 0 aliphatic carbocycles. The Morgan fingerprint density at radius 1 is 1.36 bits per heavy atom. The molecule has 0 spiro atoms. The minimum Gasteiger partial charge on any atom is -0.374 e. The van der Waals surface area contributed by atoms with Crippen molar-refractivity contribution in [2.75, 3.05) is 13.7 Å². The van der Waals surface area contributed by atoms with E-state index in [2.05, 4.69) is 5.32 Å². The van der Waals surface area contributed by atoms with E-state index in [1.807, 2.05) is 6.07 Å². The maximum atomic E-state index is 13.6. The summed E-state index contributed by atoms with van der Waals surface area (Å²) in [7, 11) is 1.55. The van der Waals surface area contributed by atoms with Crippen molar-refractivity contribution in [3.8, 4) is 0 Å². The molecule has 1 heterocycles. The zero-order valence-corrected chi connectivity index (χ0v) is 14.1. The third-order valence-electron chi connectivity index (χ3n) is 3.08. The molecule has 0 aliphatic rings. The maximum Gasteiger partial charge on any atom is 0.224 e. The fourth-order valence-corrected chi connectivity index (χ4v) is 3.30. The Bertz CT molecular complexity index is 642. The molecule has 1 aromatic carbocycles. The lowest BCUT2D eigenvalue weighted by Crippen LogP contribution is -2.30. The molecule has 22 heavy (non-hydrogen) atoms. The molecule has 2 rings (SSSR count). The van der Waals surface area contributed by atoms with E-state index in [1.165, 1.54) is 23.5 Å². The predicted octanol–water partition coefficient (Wildman–Crippen LogP) is 4.24. The minimum absolute atomic E-state index is 0.118. The summed E-state index contributed by atoms with van der Waals surface area (Å²) in [5.74, 6) is -0.812. The van der Waals surface area contributed by atoms with Crippen molar-refractivity contribution in [1.29, 1.82) is 0 Å². The van der Waals surface area contributed by atoms with Crippen LogP contribution in [0, 0.1) is 5.82 Å². The van der Waals surface area contributed by atoms with Crippen LogP contribution in [0.4, 0.5) is 4.39 Å². The van der Waals surface area contributed by atoms with Crippen molar-refractivity contribution in [2.24, 2.45) is 0 Å². The SMILES string of the molecule is COC(CNC(=O)Cc1c(F)cccc1Cl)c1ccc(Cl)s1. The highest BCUT2D eigenvalue weighted by Crippen LogP contribution is 2.28. The average molecular weight is 362 g/mol. The van der Waals surface area contributed by atoms with Gasteiger partial charge in [0.15, 0.2) is 0 Å². The van der Waals surface area contributed by atoms with Crippen LogP contribution >= 0.6 is 34.5 Å². The van der Waals surface area contributed by atoms with Crippen molar-refractivity contribution in [3.05, 3.63) is 55.9 Å². The van der Waals surface area contributed by atoms with Gasteiger partial charge in [-0.15, -0.1) is 11.3 Å². The van der Waals surface area contributed by atoms with Gasteiger partial charge in [0.25, 0.3) is 0 Å². The summed E-state index contributed by atoms with van der Waals surface area (Å²) >= 11 is 13.2. The van der Waals surface area contributed by atoms with Crippen molar-refractivity contribution in [2.45, 2.75) is 12.5 Å². The fraction of sp³-hybridized carbons (Fsp3) is 0.267. The van der Waals surface area contributed by atoms with Crippen LogP contribution in [0.2, 0.25) is 9.36 Å². The number of hydrogen-bond donors (Lipinski definition) is 1. The number of ether oxygens (including phenoxy) is 1. The number of carbonyl (C=O) groups is 1. The Balaban J connectivity index is 1.94. The first-order valence-electron chi connectivity index (χ1n) is 6.49. The van der Waals surface area contributed by atoms with Gasteiger partial charge >= 0.3 is 0 Å². The molecular formula is C15H14Cl2FNO2S. The van der Waals surface area contributed by atoms with Crippen LogP contribution in [-0.4, -0.2) is 19.6 Å². The highest BCUT2D eigenvalue weighted by atomic mass is 35.5. The number of methoxy groups -OCH3 is 1. The summed E-state index contributed by atoms with van der Waals surface area (Å²) < 4.78 is 19.6. The molecule has 1 aromatic heterocycles. The molecule has 118 valence electrons. The third kappa shape index (κ3) is 4.43. The second kappa shape index (κ2) is 7.92. The number of thiophene rings is 1. The molecule has 0 aliphatic heterocycles. The largest absolute Gasteiger partial charge is 0.374 e. The van der Waals surface area contributed by atoms with Crippen molar-refractivity contribution < 1.29 is 13.9 Å². The molecule has 1 N–H and O–H groups in total. The summed E-state index contributed by atoms with van der Waals surface area (Å²) in [5, 5.41) is 2.96. The number of amides is 1. The second-order valence-electron chi connectivity index (χ2n) is 4.55. The van der Waals surface area contributed by atoms with Gasteiger partial charge in [-0.1, -0.05) is 29.3 Å². The van der Waals surface area contributed by atoms with Crippen molar-refractivity contribution >= 4 is 40.4 Å². The summed E-state index contributed by atoms with van der Waals surface area (Å²) in [4.78, 5) is 12.9. The van der Waals surface area contributed by atoms with Gasteiger partial charge in [-0.25, -0.2) is 4.39 Å². The standard InChI is InChI=1S/C15H14Cl2FNO2S/c1-21-12(13-5-6-14(17)22-13)8-19-15(20)7-9-10(16)3-2-4-11(9)18/h2-6,12H,7-8H2,1H3,(H,19,20). The number of hydrogen-bond acceptors (Lipinski definition) is 3. The monoisotopic (exact) mass is 361 g/mol. The zero-order valence-electron chi connectivity index (χ0n) is 11.7. The quantitative estimate of drug-likeness (QED) is 0.835. The van der Waals surface area contributed by atoms with Crippen molar-refractivity contribution in [1.82, 2.24) is 5.32 Å². The van der Waals surface area contributed by atoms with Gasteiger partial charge in [0.1, 0.15) is 11.9 Å². The Morgan fingerprint density at radius 3 is 2.73 bits per heavy atom. The lowest BCUT2D eigenvalue weighted by Gasteiger charge is -2.15. The number of halogens is 3. The van der Waals surface area contributed by atoms with Gasteiger partial charge in [-0.2, -0.15) is 0 Å². The molecule has 2 aromatic rings. The first kappa shape index (κ1) is 17.2. The Kier molecular flexibility index (Phi) is 6.20. The highest BCUT2D eigenvalue weighted by molar-refractivity contribution is 7.16. The predicted molar refractivity (Wildman–Crippen MR) is 87.2 cm³/mol. The molecular weight excluding hydrogens is 348 g/mol. The topological polar surface area (TPSA) is 38.3 Å². The third-order valence-corrected chi connectivity index (χ3v) is 4.76. The summed E-state index contributed by atoms with van der Waals surface area (Å²) in [6.45, 7) is 0.276. The van der Waals surface area contributed by atoms with Crippen LogP contribution in [0.5, 0.6) is 0 Å². The van der Waals surface area contributed by atoms with E-state index in [4.69, 9.17) is 27.9 Å². The normalized spacial score (nSPS) is 12.2. The molecule has 0 radical (unpaired) electrons. The summed E-state index contributed by atoms with van der Waals surface area (Å²) in [5.41, 5.74) is 0.190. The minimum atomic E-state index is -0.490. The number of rotatable bonds is 6. The Morgan fingerprint density at radius 2 is 2.14 bits per heavy atom. The van der Waals surface area contributed by atoms with Gasteiger partial charge in [-0.05, 0) is 24.3 Å². The van der Waals surface area contributed by atoms with E-state index in [1.54, 1.807) is 19.2 Å². The van der Waals surface area contributed by atoms with Gasteiger partial charge in [0.2, 0.25) is 5.91 Å². The Labute approximate surface area is 142 Å². The second-order valence-corrected chi connectivity index (χ2v) is 6.70. The van der Waals surface area contributed by atoms with Crippen molar-refractivity contribution in [3.63, 3.8) is 0 Å². The number of nitrogens with one attached hydrogen (secondary N) is 1. The Hall–Kier alpha value is -1.14. The molecule has 3 nitrogen and oxygen atoms in total. The van der Waals surface area contributed by atoms with Crippen LogP contribution in [0.15, 0.2) is 30.3 Å². The zero-order chi connectivity index (χ0) is 16.1. The first-order valence-corrected chi connectivity index (χ1v) is 8.06. The van der Waals surface area contributed by atoms with Gasteiger partial charge < -0.3 is 10.1 Å². The van der Waals surface area contributed by atoms with Crippen LogP contribution in [0.3, 0.4) is 0 Å². The molecule has 1 amide bonds. The molecule has 0 saturated heterocycles. The van der Waals surface area contributed by atoms with E-state index in [-0.39, 0.29) is 35.6 Å². The van der Waals surface area contributed by atoms with Crippen LogP contribution in [0.25, 0.3) is 0 Å². The summed E-state index contributed by atoms with van der Waals surface area (Å²) in [6, 6.07) is 7.95. The van der Waals surface area contributed by atoms with Crippen LogP contribution < -0.4 is 5.32 Å². The molecule has 1 atom stereocenters. The molecule has 0 fully saturated rings. The van der Waals surface area contributed by atoms with E-state index in [9.17, 15) is 9.18 Å². The first-order chi connectivity index (χ1) is 10.5. The van der Waals surface area contributed by atoms with E-state index in [0.717, 1.165) is 4.88 Å². The molecule has 0 bridgehead atoms. The van der Waals surface area contributed by atoms with Gasteiger partial charge in [0.05, 0.1) is 10.8 Å². The summed E-state index contributed by atoms with van der Waals surface area (Å²) in [6.07, 6.45) is -0.412.